The lowest BCUT2D eigenvalue weighted by atomic mass is 9.45. The van der Waals surface area contributed by atoms with Gasteiger partial charge in [0.25, 0.3) is 0 Å². The van der Waals surface area contributed by atoms with E-state index < -0.39 is 11.7 Å². The number of carbonyl (C=O) groups is 1. The Bertz CT molecular complexity index is 718. The molecule has 4 aliphatic carbocycles. The fraction of sp³-hybridized carbons (Fsp3) is 0.870. The molecule has 0 amide bonds. The van der Waals surface area contributed by atoms with Crippen LogP contribution < -0.4 is 0 Å². The van der Waals surface area contributed by atoms with E-state index in [-0.39, 0.29) is 34.7 Å². The summed E-state index contributed by atoms with van der Waals surface area (Å²) in [5, 5.41) is 23.2. The number of carbonyl (C=O) groups excluding carboxylic acids is 1. The van der Waals surface area contributed by atoms with Gasteiger partial charge in [-0.1, -0.05) is 19.4 Å². The van der Waals surface area contributed by atoms with Gasteiger partial charge in [0.15, 0.2) is 5.78 Å². The van der Waals surface area contributed by atoms with Gasteiger partial charge in [0.05, 0.1) is 18.3 Å². The molecule has 0 aromatic carbocycles. The summed E-state index contributed by atoms with van der Waals surface area (Å²) in [5.41, 5.74) is -0.0335. The molecule has 4 fully saturated rings. The van der Waals surface area contributed by atoms with Gasteiger partial charge in [0.2, 0.25) is 0 Å². The maximum atomic E-state index is 12.0. The van der Waals surface area contributed by atoms with Gasteiger partial charge in [-0.3, -0.25) is 4.79 Å². The van der Waals surface area contributed by atoms with Crippen molar-refractivity contribution in [2.75, 3.05) is 13.7 Å². The molecule has 0 radical (unpaired) electrons. The van der Waals surface area contributed by atoms with E-state index in [0.29, 0.717) is 31.3 Å². The average molecular weight is 391 g/mol. The van der Waals surface area contributed by atoms with E-state index in [1.54, 1.807) is 7.11 Å². The lowest BCUT2D eigenvalue weighted by molar-refractivity contribution is -0.177. The highest BCUT2D eigenvalue weighted by Gasteiger charge is 2.71. The maximum absolute atomic E-state index is 12.0. The van der Waals surface area contributed by atoms with Crippen LogP contribution in [0.3, 0.4) is 0 Å². The summed E-state index contributed by atoms with van der Waals surface area (Å²) in [6.07, 6.45) is 6.99. The Morgan fingerprint density at radius 1 is 1.25 bits per heavy atom. The predicted octanol–water partition coefficient (Wildman–Crippen LogP) is 2.63. The number of epoxide rings is 1. The van der Waals surface area contributed by atoms with Crippen molar-refractivity contribution in [2.24, 2.45) is 28.6 Å². The SMILES string of the molecule is COCC1OC1C1(O)CCC2C3CCC4=CC(=O)CCC4(C)C3C(O)CC21C. The van der Waals surface area contributed by atoms with Crippen LogP contribution in [-0.2, 0) is 14.3 Å². The quantitative estimate of drug-likeness (QED) is 0.724. The molecular weight excluding hydrogens is 356 g/mol. The van der Waals surface area contributed by atoms with Gasteiger partial charge >= 0.3 is 0 Å². The monoisotopic (exact) mass is 390 g/mol. The molecule has 9 unspecified atom stereocenters. The number of hydrogen-bond acceptors (Lipinski definition) is 5. The lowest BCUT2D eigenvalue weighted by Crippen LogP contribution is -2.61. The highest BCUT2D eigenvalue weighted by Crippen LogP contribution is 2.69. The zero-order valence-electron chi connectivity index (χ0n) is 17.3. The second kappa shape index (κ2) is 6.13. The minimum Gasteiger partial charge on any atom is -0.393 e. The van der Waals surface area contributed by atoms with Crippen LogP contribution in [0.15, 0.2) is 11.6 Å². The Balaban J connectivity index is 1.47. The Morgan fingerprint density at radius 3 is 2.79 bits per heavy atom. The molecule has 9 atom stereocenters. The topological polar surface area (TPSA) is 79.3 Å². The molecule has 5 aliphatic rings. The van der Waals surface area contributed by atoms with E-state index in [9.17, 15) is 15.0 Å². The number of ether oxygens (including phenoxy) is 2. The number of hydrogen-bond donors (Lipinski definition) is 2. The summed E-state index contributed by atoms with van der Waals surface area (Å²) < 4.78 is 11.1. The molecule has 1 aliphatic heterocycles. The summed E-state index contributed by atoms with van der Waals surface area (Å²) in [7, 11) is 1.67. The van der Waals surface area contributed by atoms with Gasteiger partial charge in [-0.2, -0.15) is 0 Å². The molecule has 1 saturated heterocycles. The van der Waals surface area contributed by atoms with Gasteiger partial charge in [-0.05, 0) is 67.8 Å². The molecule has 5 rings (SSSR count). The first-order chi connectivity index (χ1) is 13.2. The van der Waals surface area contributed by atoms with Crippen molar-refractivity contribution in [1.82, 2.24) is 0 Å². The van der Waals surface area contributed by atoms with E-state index >= 15 is 0 Å². The first-order valence-corrected chi connectivity index (χ1v) is 11.0. The molecule has 3 saturated carbocycles. The van der Waals surface area contributed by atoms with Crippen molar-refractivity contribution in [3.05, 3.63) is 11.6 Å². The molecule has 5 heteroatoms. The van der Waals surface area contributed by atoms with Crippen molar-refractivity contribution in [2.45, 2.75) is 82.7 Å². The van der Waals surface area contributed by atoms with E-state index in [2.05, 4.69) is 13.8 Å². The minimum absolute atomic E-state index is 0.0248. The number of methoxy groups -OCH3 is 1. The van der Waals surface area contributed by atoms with Crippen LogP contribution >= 0.6 is 0 Å². The smallest absolute Gasteiger partial charge is 0.155 e. The zero-order valence-corrected chi connectivity index (χ0v) is 17.3. The first kappa shape index (κ1) is 19.2. The number of ketones is 1. The van der Waals surface area contributed by atoms with Gasteiger partial charge < -0.3 is 19.7 Å². The van der Waals surface area contributed by atoms with Gasteiger partial charge in [-0.15, -0.1) is 0 Å². The molecule has 28 heavy (non-hydrogen) atoms. The Labute approximate surface area is 167 Å². The van der Waals surface area contributed by atoms with E-state index in [0.717, 1.165) is 32.1 Å². The normalized spacial score (nSPS) is 55.2. The van der Waals surface area contributed by atoms with Crippen LogP contribution in [0, 0.1) is 28.6 Å². The number of aliphatic hydroxyl groups is 2. The lowest BCUT2D eigenvalue weighted by Gasteiger charge is -2.60. The van der Waals surface area contributed by atoms with Crippen LogP contribution in [-0.4, -0.2) is 53.6 Å². The minimum atomic E-state index is -0.883. The fourth-order valence-electron chi connectivity index (χ4n) is 8.05. The third-order valence-corrected chi connectivity index (χ3v) is 9.50. The van der Waals surface area contributed by atoms with Crippen LogP contribution in [0.4, 0.5) is 0 Å². The van der Waals surface area contributed by atoms with Crippen molar-refractivity contribution >= 4 is 5.78 Å². The number of fused-ring (bicyclic) bond motifs is 5. The van der Waals surface area contributed by atoms with Crippen molar-refractivity contribution < 1.29 is 24.5 Å². The second-order valence-corrected chi connectivity index (χ2v) is 10.6. The summed E-state index contributed by atoms with van der Waals surface area (Å²) in [5.74, 6) is 1.23. The third kappa shape index (κ3) is 2.36. The second-order valence-electron chi connectivity index (χ2n) is 10.6. The van der Waals surface area contributed by atoms with E-state index in [1.807, 2.05) is 6.08 Å². The highest BCUT2D eigenvalue weighted by atomic mass is 16.6. The predicted molar refractivity (Wildman–Crippen MR) is 104 cm³/mol. The van der Waals surface area contributed by atoms with Crippen LogP contribution in [0.1, 0.15) is 58.8 Å². The Morgan fingerprint density at radius 2 is 2.04 bits per heavy atom. The molecule has 156 valence electrons. The van der Waals surface area contributed by atoms with Crippen LogP contribution in [0.25, 0.3) is 0 Å². The molecule has 0 aromatic rings. The molecule has 2 N–H and O–H groups in total. The molecule has 1 heterocycles. The standard InChI is InChI=1S/C23H34O5/c1-21-8-6-14(24)10-13(21)4-5-15-16-7-9-23(26,20-18(28-20)12-27-3)22(16,2)11-17(25)19(15)21/h10,15-20,25-26H,4-9,11-12H2,1-3H3. The Hall–Kier alpha value is -0.750. The number of aliphatic hydroxyl groups excluding tert-OH is 1. The molecular formula is C23H34O5. The van der Waals surface area contributed by atoms with Crippen molar-refractivity contribution in [3.8, 4) is 0 Å². The maximum Gasteiger partial charge on any atom is 0.155 e. The third-order valence-electron chi connectivity index (χ3n) is 9.50. The molecule has 5 nitrogen and oxygen atoms in total. The molecule has 0 aromatic heterocycles. The molecule has 0 spiro atoms. The van der Waals surface area contributed by atoms with E-state index in [4.69, 9.17) is 9.47 Å². The average Bonchev–Trinajstić information content (AvgIpc) is 3.35. The molecule has 0 bridgehead atoms. The fourth-order valence-corrected chi connectivity index (χ4v) is 8.05. The van der Waals surface area contributed by atoms with Gasteiger partial charge in [0, 0.05) is 18.9 Å². The van der Waals surface area contributed by atoms with Crippen LogP contribution in [0.5, 0.6) is 0 Å². The highest BCUT2D eigenvalue weighted by molar-refractivity contribution is 5.91. The van der Waals surface area contributed by atoms with Crippen molar-refractivity contribution in [3.63, 3.8) is 0 Å². The summed E-state index contributed by atoms with van der Waals surface area (Å²) in [6.45, 7) is 4.98. The first-order valence-electron chi connectivity index (χ1n) is 11.0. The van der Waals surface area contributed by atoms with Gasteiger partial charge in [0.1, 0.15) is 12.2 Å². The largest absolute Gasteiger partial charge is 0.393 e. The summed E-state index contributed by atoms with van der Waals surface area (Å²) in [4.78, 5) is 12.0. The summed E-state index contributed by atoms with van der Waals surface area (Å²) >= 11 is 0. The number of allylic oxidation sites excluding steroid dienone is 1. The zero-order chi connectivity index (χ0) is 19.9. The summed E-state index contributed by atoms with van der Waals surface area (Å²) in [6, 6.07) is 0. The van der Waals surface area contributed by atoms with Crippen molar-refractivity contribution in [1.29, 1.82) is 0 Å². The van der Waals surface area contributed by atoms with E-state index in [1.165, 1.54) is 5.57 Å². The number of rotatable bonds is 3. The van der Waals surface area contributed by atoms with Gasteiger partial charge in [-0.25, -0.2) is 0 Å². The Kier molecular flexibility index (Phi) is 4.21. The van der Waals surface area contributed by atoms with Crippen LogP contribution in [0.2, 0.25) is 0 Å².